The fraction of sp³-hybridized carbons (Fsp3) is 0.160. The van der Waals surface area contributed by atoms with Crippen molar-refractivity contribution in [2.45, 2.75) is 6.54 Å². The molecule has 0 spiro atoms. The van der Waals surface area contributed by atoms with Crippen molar-refractivity contribution in [3.8, 4) is 5.69 Å². The van der Waals surface area contributed by atoms with E-state index in [0.29, 0.717) is 6.54 Å². The lowest BCUT2D eigenvalue weighted by Crippen LogP contribution is -2.17. The second-order valence-corrected chi connectivity index (χ2v) is 7.33. The fourth-order valence-corrected chi connectivity index (χ4v) is 3.48. The number of fused-ring (bicyclic) bond motifs is 1. The number of aromatic nitrogens is 2. The number of hydrogen-bond acceptors (Lipinski definition) is 6. The van der Waals surface area contributed by atoms with Crippen LogP contribution in [0.5, 0.6) is 0 Å². The third kappa shape index (κ3) is 5.81. The molecule has 1 aromatic heterocycles. The SMILES string of the molecule is C=C(NCc1ccc(NCCNC)cc1)c1cccc2c1cnn2-c1ccc(F)cc1.N=O. The third-order valence-electron chi connectivity index (χ3n) is 5.17. The van der Waals surface area contributed by atoms with E-state index in [1.54, 1.807) is 12.1 Å². The molecule has 7 nitrogen and oxygen atoms in total. The number of rotatable bonds is 9. The first kappa shape index (κ1) is 23.6. The monoisotopic (exact) mass is 446 g/mol. The van der Waals surface area contributed by atoms with Crippen LogP contribution in [0, 0.1) is 16.3 Å². The summed E-state index contributed by atoms with van der Waals surface area (Å²) in [5, 5.41) is 15.4. The molecule has 4 N–H and O–H groups in total. The van der Waals surface area contributed by atoms with E-state index in [0.717, 1.165) is 46.6 Å². The Kier molecular flexibility index (Phi) is 8.26. The zero-order valence-corrected chi connectivity index (χ0v) is 18.4. The molecule has 170 valence electrons. The molecule has 0 saturated carbocycles. The highest BCUT2D eigenvalue weighted by atomic mass is 19.1. The third-order valence-corrected chi connectivity index (χ3v) is 5.17. The summed E-state index contributed by atoms with van der Waals surface area (Å²) in [5.41, 5.74) is 10.4. The molecule has 0 radical (unpaired) electrons. The number of benzene rings is 3. The van der Waals surface area contributed by atoms with Crippen molar-refractivity contribution >= 4 is 22.3 Å². The quantitative estimate of drug-likeness (QED) is 0.217. The van der Waals surface area contributed by atoms with Crippen molar-refractivity contribution in [2.24, 2.45) is 0 Å². The van der Waals surface area contributed by atoms with Gasteiger partial charge < -0.3 is 16.0 Å². The van der Waals surface area contributed by atoms with Gasteiger partial charge in [0.15, 0.2) is 0 Å². The van der Waals surface area contributed by atoms with Crippen molar-refractivity contribution in [3.05, 3.63) is 101 Å². The van der Waals surface area contributed by atoms with Crippen LogP contribution in [0.3, 0.4) is 0 Å². The van der Waals surface area contributed by atoms with Gasteiger partial charge in [-0.25, -0.2) is 9.07 Å². The number of nitrogens with one attached hydrogen (secondary N) is 4. The molecule has 0 aliphatic carbocycles. The minimum Gasteiger partial charge on any atom is -0.384 e. The summed E-state index contributed by atoms with van der Waals surface area (Å²) in [6.45, 7) is 6.73. The Bertz CT molecular complexity index is 1190. The summed E-state index contributed by atoms with van der Waals surface area (Å²) in [7, 11) is 1.94. The second kappa shape index (κ2) is 11.5. The van der Waals surface area contributed by atoms with Crippen molar-refractivity contribution < 1.29 is 4.39 Å². The van der Waals surface area contributed by atoms with Crippen LogP contribution in [-0.2, 0) is 6.54 Å². The summed E-state index contributed by atoms with van der Waals surface area (Å²) >= 11 is 0. The van der Waals surface area contributed by atoms with Gasteiger partial charge in [0.2, 0.25) is 0 Å². The Morgan fingerprint density at radius 2 is 1.76 bits per heavy atom. The minimum absolute atomic E-state index is 0.264. The average molecular weight is 447 g/mol. The molecule has 0 unspecified atom stereocenters. The van der Waals surface area contributed by atoms with Crippen molar-refractivity contribution in [2.75, 3.05) is 25.5 Å². The first-order chi connectivity index (χ1) is 16.2. The standard InChI is InChI=1S/C25H26FN5.HNO/c1-18(29-16-19-6-10-21(11-7-19)28-15-14-27-2)23-4-3-5-25-24(23)17-30-31(25)22-12-8-20(26)9-13-22;1-2/h3-13,17,27-29H,1,14-16H2,2H3;1H. The summed E-state index contributed by atoms with van der Waals surface area (Å²) in [4.78, 5) is 7.50. The minimum atomic E-state index is -0.264. The smallest absolute Gasteiger partial charge is 0.123 e. The van der Waals surface area contributed by atoms with E-state index in [9.17, 15) is 4.39 Å². The van der Waals surface area contributed by atoms with Gasteiger partial charge >= 0.3 is 0 Å². The molecule has 0 atom stereocenters. The molecule has 0 saturated heterocycles. The lowest BCUT2D eigenvalue weighted by molar-refractivity contribution is 0.627. The molecule has 33 heavy (non-hydrogen) atoms. The van der Waals surface area contributed by atoms with Gasteiger partial charge in [0.1, 0.15) is 5.82 Å². The first-order valence-electron chi connectivity index (χ1n) is 10.5. The highest BCUT2D eigenvalue weighted by molar-refractivity contribution is 5.91. The van der Waals surface area contributed by atoms with Gasteiger partial charge in [0.25, 0.3) is 0 Å². The summed E-state index contributed by atoms with van der Waals surface area (Å²) in [5.74, 6) is -0.264. The van der Waals surface area contributed by atoms with Gasteiger partial charge in [0, 0.05) is 42.0 Å². The topological polar surface area (TPSA) is 94.8 Å². The molecule has 0 aliphatic rings. The van der Waals surface area contributed by atoms with Gasteiger partial charge in [-0.05, 0) is 55.1 Å². The molecule has 3 aromatic carbocycles. The van der Waals surface area contributed by atoms with E-state index in [2.05, 4.69) is 57.5 Å². The summed E-state index contributed by atoms with van der Waals surface area (Å²) < 4.78 is 15.1. The van der Waals surface area contributed by atoms with Gasteiger partial charge in [0.05, 0.1) is 17.4 Å². The van der Waals surface area contributed by atoms with E-state index in [-0.39, 0.29) is 5.82 Å². The number of anilines is 1. The lowest BCUT2D eigenvalue weighted by Gasteiger charge is -2.12. The first-order valence-corrected chi connectivity index (χ1v) is 10.5. The van der Waals surface area contributed by atoms with Crippen molar-refractivity contribution in [1.29, 1.82) is 5.59 Å². The number of nitroso groups, excluding NO2 is 1. The number of likely N-dealkylation sites (N-methyl/N-ethyl adjacent to an activating group) is 1. The lowest BCUT2D eigenvalue weighted by atomic mass is 10.1. The maximum Gasteiger partial charge on any atom is 0.123 e. The van der Waals surface area contributed by atoms with Crippen LogP contribution in [0.15, 0.2) is 79.5 Å². The molecule has 4 rings (SSSR count). The normalized spacial score (nSPS) is 10.4. The predicted molar refractivity (Wildman–Crippen MR) is 132 cm³/mol. The molecule has 4 aromatic rings. The van der Waals surface area contributed by atoms with Crippen LogP contribution in [0.2, 0.25) is 0 Å². The molecule has 0 bridgehead atoms. The van der Waals surface area contributed by atoms with Crippen LogP contribution in [0.4, 0.5) is 10.1 Å². The highest BCUT2D eigenvalue weighted by Crippen LogP contribution is 2.25. The number of hydrogen-bond donors (Lipinski definition) is 4. The van der Waals surface area contributed by atoms with Gasteiger partial charge in [-0.15, -0.1) is 0 Å². The zero-order valence-electron chi connectivity index (χ0n) is 18.4. The predicted octanol–water partition coefficient (Wildman–Crippen LogP) is 4.89. The molecule has 0 amide bonds. The molecule has 0 fully saturated rings. The fourth-order valence-electron chi connectivity index (χ4n) is 3.48. The maximum atomic E-state index is 13.3. The Morgan fingerprint density at radius 1 is 1.03 bits per heavy atom. The van der Waals surface area contributed by atoms with E-state index < -0.39 is 0 Å². The molecule has 8 heteroatoms. The largest absolute Gasteiger partial charge is 0.384 e. The zero-order chi connectivity index (χ0) is 23.6. The highest BCUT2D eigenvalue weighted by Gasteiger charge is 2.11. The van der Waals surface area contributed by atoms with Gasteiger partial charge in [-0.3, -0.25) is 0 Å². The van der Waals surface area contributed by atoms with Gasteiger partial charge in [-0.2, -0.15) is 10.0 Å². The van der Waals surface area contributed by atoms with Gasteiger partial charge in [-0.1, -0.05) is 36.4 Å². The number of halogens is 1. The molecular formula is C25H27FN6O. The maximum absolute atomic E-state index is 13.3. The van der Waals surface area contributed by atoms with Crippen molar-refractivity contribution in [3.63, 3.8) is 0 Å². The van der Waals surface area contributed by atoms with Crippen molar-refractivity contribution in [1.82, 2.24) is 20.4 Å². The van der Waals surface area contributed by atoms with Crippen LogP contribution < -0.4 is 16.0 Å². The van der Waals surface area contributed by atoms with Crippen LogP contribution in [0.1, 0.15) is 11.1 Å². The Labute approximate surface area is 192 Å². The van der Waals surface area contributed by atoms with Crippen LogP contribution in [0.25, 0.3) is 22.3 Å². The Hall–Kier alpha value is -4.04. The summed E-state index contributed by atoms with van der Waals surface area (Å²) in [6, 6.07) is 20.7. The average Bonchev–Trinajstić information content (AvgIpc) is 3.29. The molecule has 1 heterocycles. The molecular weight excluding hydrogens is 419 g/mol. The van der Waals surface area contributed by atoms with E-state index in [1.165, 1.54) is 17.7 Å². The summed E-state index contributed by atoms with van der Waals surface area (Å²) in [6.07, 6.45) is 1.83. The van der Waals surface area contributed by atoms with Crippen LogP contribution in [-0.4, -0.2) is 29.9 Å². The molecule has 0 aliphatic heterocycles. The Balaban J connectivity index is 0.00000149. The van der Waals surface area contributed by atoms with E-state index >= 15 is 0 Å². The number of nitrogens with zero attached hydrogens (tertiary/aromatic N) is 2. The van der Waals surface area contributed by atoms with Crippen LogP contribution >= 0.6 is 0 Å². The van der Waals surface area contributed by atoms with E-state index in [1.807, 2.05) is 36.1 Å². The Morgan fingerprint density at radius 3 is 2.45 bits per heavy atom. The van der Waals surface area contributed by atoms with E-state index in [4.69, 9.17) is 4.91 Å². The second-order valence-electron chi connectivity index (χ2n) is 7.33.